The van der Waals surface area contributed by atoms with Crippen LogP contribution in [0.15, 0.2) is 24.3 Å². The van der Waals surface area contributed by atoms with Gasteiger partial charge in [-0.05, 0) is 37.0 Å². The normalized spacial score (nSPS) is 22.0. The van der Waals surface area contributed by atoms with Gasteiger partial charge in [-0.25, -0.2) is 0 Å². The summed E-state index contributed by atoms with van der Waals surface area (Å²) >= 11 is 0. The molecule has 0 aromatic heterocycles. The summed E-state index contributed by atoms with van der Waals surface area (Å²) in [4.78, 5) is 26.3. The predicted octanol–water partition coefficient (Wildman–Crippen LogP) is 3.89. The molecule has 1 aliphatic heterocycles. The first kappa shape index (κ1) is 19.7. The number of benzene rings is 1. The molecule has 0 spiro atoms. The number of halogens is 3. The first-order chi connectivity index (χ1) is 12.8. The molecule has 1 N–H and O–H groups in total. The zero-order chi connectivity index (χ0) is 19.4. The van der Waals surface area contributed by atoms with Crippen LogP contribution in [0.3, 0.4) is 0 Å². The Balaban J connectivity index is 1.61. The van der Waals surface area contributed by atoms with Gasteiger partial charge in [0.25, 0.3) is 0 Å². The Kier molecular flexibility index (Phi) is 6.07. The van der Waals surface area contributed by atoms with Gasteiger partial charge < -0.3 is 10.2 Å². The average molecular weight is 382 g/mol. The molecular formula is C20H25F3N2O2. The van der Waals surface area contributed by atoms with Crippen LogP contribution < -0.4 is 5.32 Å². The van der Waals surface area contributed by atoms with Crippen LogP contribution in [0.2, 0.25) is 0 Å². The second-order valence-corrected chi connectivity index (χ2v) is 7.55. The monoisotopic (exact) mass is 382 g/mol. The van der Waals surface area contributed by atoms with Gasteiger partial charge in [0.15, 0.2) is 0 Å². The minimum absolute atomic E-state index is 0.0385. The van der Waals surface area contributed by atoms with Gasteiger partial charge in [0.05, 0.1) is 11.5 Å². The van der Waals surface area contributed by atoms with Crippen LogP contribution in [-0.4, -0.2) is 29.3 Å². The first-order valence-corrected chi connectivity index (χ1v) is 9.57. The Hall–Kier alpha value is -2.05. The number of likely N-dealkylation sites (tertiary alicyclic amines) is 1. The Morgan fingerprint density at radius 2 is 1.89 bits per heavy atom. The maximum absolute atomic E-state index is 12.9. The summed E-state index contributed by atoms with van der Waals surface area (Å²) in [6.45, 7) is 0.351. The van der Waals surface area contributed by atoms with E-state index in [0.29, 0.717) is 12.0 Å². The summed E-state index contributed by atoms with van der Waals surface area (Å²) in [5.41, 5.74) is -0.303. The van der Waals surface area contributed by atoms with Crippen LogP contribution in [0, 0.1) is 5.92 Å². The van der Waals surface area contributed by atoms with Crippen LogP contribution in [0.25, 0.3) is 0 Å². The summed E-state index contributed by atoms with van der Waals surface area (Å²) in [5, 5.41) is 3.09. The van der Waals surface area contributed by atoms with Gasteiger partial charge in [0.2, 0.25) is 11.8 Å². The van der Waals surface area contributed by atoms with Crippen LogP contribution in [0.4, 0.5) is 13.2 Å². The number of nitrogens with one attached hydrogen (secondary N) is 1. The fraction of sp³-hybridized carbons (Fsp3) is 0.600. The zero-order valence-corrected chi connectivity index (χ0v) is 15.2. The summed E-state index contributed by atoms with van der Waals surface area (Å²) in [6.07, 6.45) is 1.76. The Labute approximate surface area is 157 Å². The number of hydrogen-bond donors (Lipinski definition) is 1. The SMILES string of the molecule is O=C(NC1CCCCC1)[C@@H]1CCC(=O)N(Cc2cccc(C(F)(F)F)c2)C1. The third-order valence-electron chi connectivity index (χ3n) is 5.45. The lowest BCUT2D eigenvalue weighted by atomic mass is 9.92. The van der Waals surface area contributed by atoms with Gasteiger partial charge in [-0.3, -0.25) is 9.59 Å². The number of carbonyl (C=O) groups is 2. The molecule has 2 fully saturated rings. The van der Waals surface area contributed by atoms with E-state index in [-0.39, 0.29) is 43.3 Å². The summed E-state index contributed by atoms with van der Waals surface area (Å²) in [5.74, 6) is -0.451. The number of piperidine rings is 1. The maximum atomic E-state index is 12.9. The molecule has 7 heteroatoms. The van der Waals surface area contributed by atoms with E-state index in [1.54, 1.807) is 6.07 Å². The maximum Gasteiger partial charge on any atom is 0.416 e. The van der Waals surface area contributed by atoms with Crippen molar-refractivity contribution in [2.45, 2.75) is 63.7 Å². The predicted molar refractivity (Wildman–Crippen MR) is 94.6 cm³/mol. The fourth-order valence-electron chi connectivity index (χ4n) is 3.91. The highest BCUT2D eigenvalue weighted by Gasteiger charge is 2.33. The lowest BCUT2D eigenvalue weighted by Crippen LogP contribution is -2.47. The van der Waals surface area contributed by atoms with Crippen molar-refractivity contribution in [3.8, 4) is 0 Å². The van der Waals surface area contributed by atoms with Crippen molar-refractivity contribution < 1.29 is 22.8 Å². The molecule has 0 radical (unpaired) electrons. The highest BCUT2D eigenvalue weighted by Crippen LogP contribution is 2.30. The van der Waals surface area contributed by atoms with Crippen LogP contribution >= 0.6 is 0 Å². The first-order valence-electron chi connectivity index (χ1n) is 9.57. The third kappa shape index (κ3) is 5.23. The highest BCUT2D eigenvalue weighted by atomic mass is 19.4. The second kappa shape index (κ2) is 8.31. The van der Waals surface area contributed by atoms with E-state index in [4.69, 9.17) is 0 Å². The van der Waals surface area contributed by atoms with Gasteiger partial charge in [0, 0.05) is 25.6 Å². The van der Waals surface area contributed by atoms with Gasteiger partial charge >= 0.3 is 6.18 Å². The minimum Gasteiger partial charge on any atom is -0.353 e. The Bertz CT molecular complexity index is 684. The smallest absolute Gasteiger partial charge is 0.353 e. The quantitative estimate of drug-likeness (QED) is 0.859. The topological polar surface area (TPSA) is 49.4 Å². The van der Waals surface area contributed by atoms with Gasteiger partial charge in [-0.1, -0.05) is 31.4 Å². The number of hydrogen-bond acceptors (Lipinski definition) is 2. The molecule has 1 aromatic rings. The van der Waals surface area contributed by atoms with Crippen molar-refractivity contribution in [2.75, 3.05) is 6.54 Å². The molecule has 2 amide bonds. The molecule has 1 heterocycles. The molecule has 4 nitrogen and oxygen atoms in total. The molecule has 27 heavy (non-hydrogen) atoms. The fourth-order valence-corrected chi connectivity index (χ4v) is 3.91. The molecular weight excluding hydrogens is 357 g/mol. The summed E-state index contributed by atoms with van der Waals surface area (Å²) in [7, 11) is 0. The number of rotatable bonds is 4. The second-order valence-electron chi connectivity index (χ2n) is 7.55. The van der Waals surface area contributed by atoms with Crippen LogP contribution in [-0.2, 0) is 22.3 Å². The largest absolute Gasteiger partial charge is 0.416 e. The Morgan fingerprint density at radius 3 is 2.59 bits per heavy atom. The van der Waals surface area contributed by atoms with Gasteiger partial charge in [-0.15, -0.1) is 0 Å². The molecule has 1 saturated heterocycles. The lowest BCUT2D eigenvalue weighted by Gasteiger charge is -2.33. The van der Waals surface area contributed by atoms with E-state index in [0.717, 1.165) is 37.8 Å². The van der Waals surface area contributed by atoms with E-state index < -0.39 is 11.7 Å². The van der Waals surface area contributed by atoms with Crippen LogP contribution in [0.5, 0.6) is 0 Å². The van der Waals surface area contributed by atoms with E-state index in [2.05, 4.69) is 5.32 Å². The van der Waals surface area contributed by atoms with Crippen molar-refractivity contribution >= 4 is 11.8 Å². The number of nitrogens with zero attached hydrogens (tertiary/aromatic N) is 1. The highest BCUT2D eigenvalue weighted by molar-refractivity contribution is 5.84. The van der Waals surface area contributed by atoms with Crippen molar-refractivity contribution in [2.24, 2.45) is 5.92 Å². The zero-order valence-electron chi connectivity index (χ0n) is 15.2. The minimum atomic E-state index is -4.41. The number of amides is 2. The van der Waals surface area contributed by atoms with Crippen LogP contribution in [0.1, 0.15) is 56.1 Å². The van der Waals surface area contributed by atoms with Crippen molar-refractivity contribution in [1.82, 2.24) is 10.2 Å². The van der Waals surface area contributed by atoms with E-state index in [1.165, 1.54) is 17.4 Å². The molecule has 0 bridgehead atoms. The molecule has 2 aliphatic rings. The van der Waals surface area contributed by atoms with Gasteiger partial charge in [-0.2, -0.15) is 13.2 Å². The average Bonchev–Trinajstić information content (AvgIpc) is 2.64. The molecule has 1 saturated carbocycles. The summed E-state index contributed by atoms with van der Waals surface area (Å²) in [6, 6.07) is 5.22. The van der Waals surface area contributed by atoms with Gasteiger partial charge in [0.1, 0.15) is 0 Å². The standard InChI is InChI=1S/C20H25F3N2O2/c21-20(22,23)16-6-4-5-14(11-16)12-25-13-15(9-10-18(25)26)19(27)24-17-7-2-1-3-8-17/h4-6,11,15,17H,1-3,7-10,12-13H2,(H,24,27)/t15-/m1/s1. The van der Waals surface area contributed by atoms with Crippen molar-refractivity contribution in [1.29, 1.82) is 0 Å². The molecule has 0 unspecified atom stereocenters. The molecule has 1 atom stereocenters. The Morgan fingerprint density at radius 1 is 1.15 bits per heavy atom. The third-order valence-corrected chi connectivity index (χ3v) is 5.45. The summed E-state index contributed by atoms with van der Waals surface area (Å²) < 4.78 is 38.6. The molecule has 1 aliphatic carbocycles. The van der Waals surface area contributed by atoms with E-state index in [1.807, 2.05) is 0 Å². The molecule has 1 aromatic carbocycles. The van der Waals surface area contributed by atoms with E-state index in [9.17, 15) is 22.8 Å². The number of alkyl halides is 3. The number of carbonyl (C=O) groups excluding carboxylic acids is 2. The molecule has 3 rings (SSSR count). The lowest BCUT2D eigenvalue weighted by molar-refractivity contribution is -0.139. The van der Waals surface area contributed by atoms with Crippen molar-refractivity contribution in [3.05, 3.63) is 35.4 Å². The van der Waals surface area contributed by atoms with E-state index >= 15 is 0 Å². The van der Waals surface area contributed by atoms with Crippen molar-refractivity contribution in [3.63, 3.8) is 0 Å². The molecule has 148 valence electrons.